The van der Waals surface area contributed by atoms with E-state index >= 15 is 0 Å². The van der Waals surface area contributed by atoms with Crippen LogP contribution in [0.3, 0.4) is 0 Å². The monoisotopic (exact) mass is 294 g/mol. The maximum Gasteiger partial charge on any atom is 0.239 e. The summed E-state index contributed by atoms with van der Waals surface area (Å²) in [5, 5.41) is 2.59. The van der Waals surface area contributed by atoms with Crippen molar-refractivity contribution in [2.75, 3.05) is 31.6 Å². The third-order valence-electron chi connectivity index (χ3n) is 3.48. The van der Waals surface area contributed by atoms with E-state index in [-0.39, 0.29) is 5.91 Å². The number of benzene rings is 1. The van der Waals surface area contributed by atoms with Crippen LogP contribution in [0.25, 0.3) is 0 Å². The highest BCUT2D eigenvalue weighted by molar-refractivity contribution is 6.09. The van der Waals surface area contributed by atoms with Gasteiger partial charge in [0, 0.05) is 18.8 Å². The number of hydrogen-bond donors (Lipinski definition) is 1. The van der Waals surface area contributed by atoms with Crippen LogP contribution in [0.1, 0.15) is 13.8 Å². The Bertz CT molecular complexity index is 539. The molecule has 114 valence electrons. The number of ether oxygens (including phenoxy) is 1. The number of amides is 2. The quantitative estimate of drug-likeness (QED) is 0.862. The maximum atomic E-state index is 13.1. The summed E-state index contributed by atoms with van der Waals surface area (Å²) in [4.78, 5) is 26.4. The molecule has 0 spiro atoms. The molecule has 5 nitrogen and oxygen atoms in total. The summed E-state index contributed by atoms with van der Waals surface area (Å²) in [6.45, 7) is 5.06. The zero-order valence-corrected chi connectivity index (χ0v) is 12.2. The van der Waals surface area contributed by atoms with Crippen LogP contribution >= 0.6 is 0 Å². The van der Waals surface area contributed by atoms with Gasteiger partial charge in [0.15, 0.2) is 0 Å². The van der Waals surface area contributed by atoms with Gasteiger partial charge in [-0.1, -0.05) is 6.07 Å². The normalized spacial score (nSPS) is 15.7. The molecule has 0 aliphatic carbocycles. The van der Waals surface area contributed by atoms with Gasteiger partial charge in [-0.3, -0.25) is 9.59 Å². The molecule has 1 aromatic rings. The van der Waals surface area contributed by atoms with Crippen molar-refractivity contribution in [1.29, 1.82) is 0 Å². The number of hydrogen-bond acceptors (Lipinski definition) is 3. The highest BCUT2D eigenvalue weighted by Crippen LogP contribution is 2.23. The van der Waals surface area contributed by atoms with Crippen molar-refractivity contribution in [3.8, 4) is 0 Å². The molecule has 0 unspecified atom stereocenters. The molecule has 1 N–H and O–H groups in total. The minimum atomic E-state index is -1.22. The molecular formula is C15H19FN2O3. The molecule has 21 heavy (non-hydrogen) atoms. The predicted octanol–water partition coefficient (Wildman–Crippen LogP) is 1.65. The highest BCUT2D eigenvalue weighted by atomic mass is 19.1. The molecule has 0 aromatic heterocycles. The average Bonchev–Trinajstić information content (AvgIpc) is 2.47. The van der Waals surface area contributed by atoms with Crippen molar-refractivity contribution in [1.82, 2.24) is 4.90 Å². The van der Waals surface area contributed by atoms with E-state index < -0.39 is 17.1 Å². The van der Waals surface area contributed by atoms with Crippen molar-refractivity contribution < 1.29 is 18.7 Å². The van der Waals surface area contributed by atoms with Gasteiger partial charge in [-0.25, -0.2) is 4.39 Å². The predicted molar refractivity (Wildman–Crippen MR) is 76.2 cm³/mol. The van der Waals surface area contributed by atoms with Gasteiger partial charge in [0.1, 0.15) is 11.2 Å². The largest absolute Gasteiger partial charge is 0.378 e. The van der Waals surface area contributed by atoms with Crippen molar-refractivity contribution >= 4 is 17.5 Å². The molecule has 0 saturated carbocycles. The summed E-state index contributed by atoms with van der Waals surface area (Å²) in [6, 6.07) is 5.59. The zero-order chi connectivity index (χ0) is 15.5. The van der Waals surface area contributed by atoms with Crippen molar-refractivity contribution in [3.05, 3.63) is 30.1 Å². The number of carbonyl (C=O) groups excluding carboxylic acids is 2. The fraction of sp³-hybridized carbons (Fsp3) is 0.467. The molecule has 0 radical (unpaired) electrons. The van der Waals surface area contributed by atoms with Crippen LogP contribution in [0.5, 0.6) is 0 Å². The second kappa shape index (κ2) is 6.22. The lowest BCUT2D eigenvalue weighted by Crippen LogP contribution is -2.51. The van der Waals surface area contributed by atoms with Crippen LogP contribution in [-0.4, -0.2) is 43.0 Å². The summed E-state index contributed by atoms with van der Waals surface area (Å²) < 4.78 is 18.3. The molecule has 1 aliphatic heterocycles. The smallest absolute Gasteiger partial charge is 0.239 e. The van der Waals surface area contributed by atoms with E-state index in [1.807, 2.05) is 0 Å². The van der Waals surface area contributed by atoms with Crippen molar-refractivity contribution in [2.24, 2.45) is 5.41 Å². The van der Waals surface area contributed by atoms with Crippen LogP contribution in [0, 0.1) is 11.2 Å². The number of halogens is 1. The van der Waals surface area contributed by atoms with Gasteiger partial charge in [0.2, 0.25) is 11.8 Å². The second-order valence-corrected chi connectivity index (χ2v) is 5.49. The van der Waals surface area contributed by atoms with Crippen LogP contribution in [0.2, 0.25) is 0 Å². The molecule has 1 aromatic carbocycles. The molecular weight excluding hydrogens is 275 g/mol. The van der Waals surface area contributed by atoms with Gasteiger partial charge in [-0.15, -0.1) is 0 Å². The Kier molecular flexibility index (Phi) is 4.57. The first kappa shape index (κ1) is 15.4. The molecule has 2 amide bonds. The molecule has 1 saturated heterocycles. The Morgan fingerprint density at radius 3 is 2.57 bits per heavy atom. The molecule has 0 atom stereocenters. The van der Waals surface area contributed by atoms with Crippen LogP contribution < -0.4 is 5.32 Å². The lowest BCUT2D eigenvalue weighted by molar-refractivity contribution is -0.149. The fourth-order valence-corrected chi connectivity index (χ4v) is 2.11. The van der Waals surface area contributed by atoms with E-state index in [1.54, 1.807) is 24.8 Å². The Hall–Kier alpha value is -1.95. The lowest BCUT2D eigenvalue weighted by Gasteiger charge is -2.33. The molecule has 2 rings (SSSR count). The van der Waals surface area contributed by atoms with Crippen LogP contribution in [0.15, 0.2) is 24.3 Å². The fourth-order valence-electron chi connectivity index (χ4n) is 2.11. The number of carbonyl (C=O) groups is 2. The number of nitrogens with one attached hydrogen (secondary N) is 1. The summed E-state index contributed by atoms with van der Waals surface area (Å²) in [5.41, 5.74) is -0.883. The van der Waals surface area contributed by atoms with Gasteiger partial charge < -0.3 is 15.0 Å². The van der Waals surface area contributed by atoms with Crippen molar-refractivity contribution in [3.63, 3.8) is 0 Å². The van der Waals surface area contributed by atoms with Gasteiger partial charge in [0.25, 0.3) is 0 Å². The first-order valence-corrected chi connectivity index (χ1v) is 6.85. The SMILES string of the molecule is CC(C)(C(=O)Nc1cccc(F)c1)C(=O)N1CCOCC1. The Morgan fingerprint density at radius 2 is 1.95 bits per heavy atom. The number of rotatable bonds is 3. The third-order valence-corrected chi connectivity index (χ3v) is 3.48. The van der Waals surface area contributed by atoms with Gasteiger partial charge >= 0.3 is 0 Å². The summed E-state index contributed by atoms with van der Waals surface area (Å²) in [7, 11) is 0. The van der Waals surface area contributed by atoms with Gasteiger partial charge in [-0.05, 0) is 32.0 Å². The first-order valence-electron chi connectivity index (χ1n) is 6.85. The van der Waals surface area contributed by atoms with E-state index in [2.05, 4.69) is 5.32 Å². The van der Waals surface area contributed by atoms with E-state index in [0.29, 0.717) is 32.0 Å². The number of morpholine rings is 1. The number of anilines is 1. The maximum absolute atomic E-state index is 13.1. The van der Waals surface area contributed by atoms with E-state index in [9.17, 15) is 14.0 Å². The first-order chi connectivity index (χ1) is 9.91. The molecule has 1 heterocycles. The third kappa shape index (κ3) is 3.58. The minimum Gasteiger partial charge on any atom is -0.378 e. The Labute approximate surface area is 123 Å². The topological polar surface area (TPSA) is 58.6 Å². The standard InChI is InChI=1S/C15H19FN2O3/c1-15(2,14(20)18-6-8-21-9-7-18)13(19)17-12-5-3-4-11(16)10-12/h3-5,10H,6-9H2,1-2H3,(H,17,19). The second-order valence-electron chi connectivity index (χ2n) is 5.49. The van der Waals surface area contributed by atoms with E-state index in [1.165, 1.54) is 18.2 Å². The Morgan fingerprint density at radius 1 is 1.29 bits per heavy atom. The van der Waals surface area contributed by atoms with Crippen molar-refractivity contribution in [2.45, 2.75) is 13.8 Å². The lowest BCUT2D eigenvalue weighted by atomic mass is 9.90. The number of nitrogens with zero attached hydrogens (tertiary/aromatic N) is 1. The molecule has 6 heteroatoms. The summed E-state index contributed by atoms with van der Waals surface area (Å²) >= 11 is 0. The van der Waals surface area contributed by atoms with Gasteiger partial charge in [0.05, 0.1) is 13.2 Å². The Balaban J connectivity index is 2.06. The molecule has 0 bridgehead atoms. The summed E-state index contributed by atoms with van der Waals surface area (Å²) in [6.07, 6.45) is 0. The molecule has 1 fully saturated rings. The minimum absolute atomic E-state index is 0.250. The highest BCUT2D eigenvalue weighted by Gasteiger charge is 2.39. The molecule has 1 aliphatic rings. The van der Waals surface area contributed by atoms with E-state index in [0.717, 1.165) is 0 Å². The zero-order valence-electron chi connectivity index (χ0n) is 12.2. The summed E-state index contributed by atoms with van der Waals surface area (Å²) in [5.74, 6) is -1.14. The average molecular weight is 294 g/mol. The van der Waals surface area contributed by atoms with E-state index in [4.69, 9.17) is 4.74 Å². The van der Waals surface area contributed by atoms with Crippen LogP contribution in [-0.2, 0) is 14.3 Å². The van der Waals surface area contributed by atoms with Gasteiger partial charge in [-0.2, -0.15) is 0 Å². The van der Waals surface area contributed by atoms with Crippen LogP contribution in [0.4, 0.5) is 10.1 Å².